The summed E-state index contributed by atoms with van der Waals surface area (Å²) < 4.78 is 23.2. The van der Waals surface area contributed by atoms with Crippen LogP contribution in [0.5, 0.6) is 0 Å². The fourth-order valence-electron chi connectivity index (χ4n) is 7.18. The highest BCUT2D eigenvalue weighted by molar-refractivity contribution is 5.82. The van der Waals surface area contributed by atoms with E-state index in [1.807, 2.05) is 26.0 Å². The van der Waals surface area contributed by atoms with E-state index in [1.165, 1.54) is 26.0 Å². The fraction of sp³-hybridized carbons (Fsp3) is 0.618. The molecule has 44 heavy (non-hydrogen) atoms. The number of esters is 3. The second-order valence-corrected chi connectivity index (χ2v) is 12.4. The van der Waals surface area contributed by atoms with Gasteiger partial charge in [-0.2, -0.15) is 0 Å². The highest BCUT2D eigenvalue weighted by atomic mass is 17.1. The minimum atomic E-state index is -1.34. The van der Waals surface area contributed by atoms with Crippen molar-refractivity contribution < 1.29 is 48.6 Å². The van der Waals surface area contributed by atoms with Crippen LogP contribution in [-0.4, -0.2) is 59.2 Å². The van der Waals surface area contributed by atoms with Crippen molar-refractivity contribution >= 4 is 17.9 Å². The number of aliphatic hydroxyl groups excluding tert-OH is 1. The van der Waals surface area contributed by atoms with Crippen LogP contribution in [0.4, 0.5) is 0 Å². The van der Waals surface area contributed by atoms with E-state index in [1.54, 1.807) is 12.2 Å². The van der Waals surface area contributed by atoms with Crippen LogP contribution in [0.25, 0.3) is 0 Å². The van der Waals surface area contributed by atoms with Crippen molar-refractivity contribution in [1.29, 1.82) is 0 Å². The minimum absolute atomic E-state index is 0.150. The van der Waals surface area contributed by atoms with Crippen LogP contribution < -0.4 is 0 Å². The summed E-state index contributed by atoms with van der Waals surface area (Å²) >= 11 is 0. The van der Waals surface area contributed by atoms with Crippen molar-refractivity contribution in [2.24, 2.45) is 22.7 Å². The molecule has 3 aliphatic rings. The predicted octanol–water partition coefficient (Wildman–Crippen LogP) is 5.73. The molecule has 1 spiro atoms. The molecule has 2 N–H and O–H groups in total. The van der Waals surface area contributed by atoms with E-state index >= 15 is 0 Å². The topological polar surface area (TPSA) is 138 Å². The molecule has 2 fully saturated rings. The van der Waals surface area contributed by atoms with Gasteiger partial charge in [-0.05, 0) is 61.0 Å². The summed E-state index contributed by atoms with van der Waals surface area (Å²) in [6.45, 7) is 16.3. The normalized spacial score (nSPS) is 33.7. The average Bonchev–Trinajstić information content (AvgIpc) is 3.25. The van der Waals surface area contributed by atoms with Crippen LogP contribution in [0, 0.1) is 22.7 Å². The van der Waals surface area contributed by atoms with Gasteiger partial charge in [0, 0.05) is 25.5 Å². The molecule has 0 unspecified atom stereocenters. The summed E-state index contributed by atoms with van der Waals surface area (Å²) in [4.78, 5) is 42.2. The van der Waals surface area contributed by atoms with Gasteiger partial charge in [0.25, 0.3) is 0 Å². The van der Waals surface area contributed by atoms with Gasteiger partial charge in [0.2, 0.25) is 12.6 Å². The number of carbonyl (C=O) groups is 3. The monoisotopic (exact) mass is 616 g/mol. The lowest BCUT2D eigenvalue weighted by molar-refractivity contribution is -0.287. The summed E-state index contributed by atoms with van der Waals surface area (Å²) in [7, 11) is 0. The Bertz CT molecular complexity index is 1170. The summed E-state index contributed by atoms with van der Waals surface area (Å²) in [6, 6.07) is 0. The van der Waals surface area contributed by atoms with Gasteiger partial charge in [-0.25, -0.2) is 9.68 Å². The Morgan fingerprint density at radius 3 is 2.45 bits per heavy atom. The lowest BCUT2D eigenvalue weighted by atomic mass is 9.44. The van der Waals surface area contributed by atoms with Crippen molar-refractivity contribution in [2.45, 2.75) is 110 Å². The summed E-state index contributed by atoms with van der Waals surface area (Å²) in [5.74, 6) is -2.57. The van der Waals surface area contributed by atoms with E-state index in [0.29, 0.717) is 11.1 Å². The fourth-order valence-corrected chi connectivity index (χ4v) is 7.18. The van der Waals surface area contributed by atoms with Crippen LogP contribution in [0.15, 0.2) is 60.8 Å². The molecule has 10 nitrogen and oxygen atoms in total. The molecule has 244 valence electrons. The molecule has 0 bridgehead atoms. The first-order valence-corrected chi connectivity index (χ1v) is 15.4. The van der Waals surface area contributed by atoms with Gasteiger partial charge in [0.05, 0.1) is 11.5 Å². The Kier molecular flexibility index (Phi) is 12.3. The molecule has 9 atom stereocenters. The van der Waals surface area contributed by atoms with Crippen LogP contribution in [-0.2, 0) is 38.2 Å². The molecular weight excluding hydrogens is 568 g/mol. The number of aliphatic hydroxyl groups is 1. The third kappa shape index (κ3) is 7.42. The van der Waals surface area contributed by atoms with Crippen LogP contribution >= 0.6 is 0 Å². The van der Waals surface area contributed by atoms with Crippen molar-refractivity contribution in [3.63, 3.8) is 0 Å². The van der Waals surface area contributed by atoms with E-state index in [2.05, 4.69) is 20.1 Å². The van der Waals surface area contributed by atoms with Crippen molar-refractivity contribution in [1.82, 2.24) is 0 Å². The number of hydrogen-bond acceptors (Lipinski definition) is 10. The molecule has 1 saturated heterocycles. The number of unbranched alkanes of at least 4 members (excludes halogenated alkanes) is 3. The van der Waals surface area contributed by atoms with Crippen LogP contribution in [0.1, 0.15) is 79.6 Å². The van der Waals surface area contributed by atoms with Gasteiger partial charge in [-0.1, -0.05) is 71.1 Å². The SMILES string of the molecule is C=CC(=C)[C@H](C[C@]1(C)[C@H](C)C[C@H](O)[C@@]23C(=C[C@H](OC(=O)/C=C\C=C\CCCCC)C[C@@H]12)[C@@H](OC(C)=O)O[C@H]3OC(C)=O)OO. The average molecular weight is 617 g/mol. The lowest BCUT2D eigenvalue weighted by Gasteiger charge is -2.60. The highest BCUT2D eigenvalue weighted by Crippen LogP contribution is 2.67. The van der Waals surface area contributed by atoms with Gasteiger partial charge in [-0.15, -0.1) is 0 Å². The molecule has 0 aromatic carbocycles. The molecule has 1 heterocycles. The Morgan fingerprint density at radius 2 is 1.84 bits per heavy atom. The zero-order chi connectivity index (χ0) is 32.7. The van der Waals surface area contributed by atoms with E-state index < -0.39 is 65.5 Å². The van der Waals surface area contributed by atoms with E-state index in [4.69, 9.17) is 23.8 Å². The van der Waals surface area contributed by atoms with Gasteiger partial charge in [0.15, 0.2) is 0 Å². The Morgan fingerprint density at radius 1 is 1.14 bits per heavy atom. The first-order chi connectivity index (χ1) is 20.8. The number of carbonyl (C=O) groups excluding carboxylic acids is 3. The van der Waals surface area contributed by atoms with Gasteiger partial charge in [-0.3, -0.25) is 19.6 Å². The first kappa shape index (κ1) is 35.4. The van der Waals surface area contributed by atoms with Crippen molar-refractivity contribution in [3.05, 3.63) is 60.8 Å². The lowest BCUT2D eigenvalue weighted by Crippen LogP contribution is -2.63. The van der Waals surface area contributed by atoms with Crippen molar-refractivity contribution in [2.75, 3.05) is 0 Å². The van der Waals surface area contributed by atoms with E-state index in [9.17, 15) is 24.7 Å². The summed E-state index contributed by atoms with van der Waals surface area (Å²) in [5, 5.41) is 21.7. The second kappa shape index (κ2) is 15.3. The van der Waals surface area contributed by atoms with Crippen LogP contribution in [0.2, 0.25) is 0 Å². The number of hydrogen-bond donors (Lipinski definition) is 2. The maximum absolute atomic E-state index is 12.9. The molecule has 2 aliphatic carbocycles. The smallest absolute Gasteiger partial charge is 0.331 e. The number of allylic oxidation sites excluding steroid dienone is 3. The summed E-state index contributed by atoms with van der Waals surface area (Å²) in [5.41, 5.74) is -1.25. The Hall–Kier alpha value is -3.05. The quantitative estimate of drug-likeness (QED) is 0.0364. The van der Waals surface area contributed by atoms with Crippen molar-refractivity contribution in [3.8, 4) is 0 Å². The largest absolute Gasteiger partial charge is 0.455 e. The predicted molar refractivity (Wildman–Crippen MR) is 162 cm³/mol. The van der Waals surface area contributed by atoms with Crippen LogP contribution in [0.3, 0.4) is 0 Å². The summed E-state index contributed by atoms with van der Waals surface area (Å²) in [6.07, 6.45) is 9.66. The third-order valence-corrected chi connectivity index (χ3v) is 9.55. The third-order valence-electron chi connectivity index (χ3n) is 9.55. The van der Waals surface area contributed by atoms with Gasteiger partial charge >= 0.3 is 17.9 Å². The maximum atomic E-state index is 12.9. The van der Waals surface area contributed by atoms with Gasteiger partial charge in [0.1, 0.15) is 12.2 Å². The molecular formula is C34H48O10. The zero-order valence-electron chi connectivity index (χ0n) is 26.5. The van der Waals surface area contributed by atoms with E-state index in [0.717, 1.165) is 25.7 Å². The zero-order valence-corrected chi connectivity index (χ0v) is 26.5. The number of ether oxygens (including phenoxy) is 4. The molecule has 0 aromatic heterocycles. The first-order valence-electron chi connectivity index (χ1n) is 15.4. The van der Waals surface area contributed by atoms with Gasteiger partial charge < -0.3 is 19.3 Å². The molecule has 10 heteroatoms. The second-order valence-electron chi connectivity index (χ2n) is 12.4. The van der Waals surface area contributed by atoms with E-state index in [-0.39, 0.29) is 25.2 Å². The number of rotatable bonds is 14. The minimum Gasteiger partial charge on any atom is -0.455 e. The Labute approximate surface area is 260 Å². The molecule has 0 radical (unpaired) electrons. The Balaban J connectivity index is 2.08. The maximum Gasteiger partial charge on any atom is 0.331 e. The standard InChI is InChI=1S/C34H48O10/c1-8-10-11-12-13-14-15-16-30(38)42-25-18-26-31(40-23(5)35)43-32(41-24(6)36)34(26)28(19-25)33(7,22(4)17-29(34)37)20-27(44-39)21(3)9-2/h9,13-16,18,22,25,27-29,31-32,37,39H,2-3,8,10-12,17,19-20H2,1,4-7H3/b14-13+,16-15-/t22-,25+,27+,28+,29+,31+,32-,33-,34-/m1/s1. The molecule has 0 amide bonds. The molecule has 1 aliphatic heterocycles. The molecule has 1 saturated carbocycles. The molecule has 3 rings (SSSR count). The highest BCUT2D eigenvalue weighted by Gasteiger charge is 2.71. The molecule has 0 aromatic rings.